The third-order valence-electron chi connectivity index (χ3n) is 5.48. The van der Waals surface area contributed by atoms with Crippen molar-refractivity contribution < 1.29 is 9.90 Å². The van der Waals surface area contributed by atoms with Gasteiger partial charge in [-0.25, -0.2) is 0 Å². The van der Waals surface area contributed by atoms with Crippen molar-refractivity contribution in [1.82, 2.24) is 0 Å². The molecule has 0 saturated heterocycles. The van der Waals surface area contributed by atoms with Crippen LogP contribution in [0.4, 0.5) is 0 Å². The van der Waals surface area contributed by atoms with E-state index in [2.05, 4.69) is 19.9 Å². The molecular formula is C22H28O2Si. The van der Waals surface area contributed by atoms with Crippen LogP contribution in [0.1, 0.15) is 39.5 Å². The lowest BCUT2D eigenvalue weighted by molar-refractivity contribution is 0.177. The van der Waals surface area contributed by atoms with Gasteiger partial charge in [0.05, 0.1) is 6.10 Å². The lowest BCUT2D eigenvalue weighted by Crippen LogP contribution is -2.65. The second-order valence-electron chi connectivity index (χ2n) is 7.64. The fraction of sp³-hybridized carbons (Fsp3) is 0.364. The first kappa shape index (κ1) is 18.1. The highest BCUT2D eigenvalue weighted by Crippen LogP contribution is 2.40. The van der Waals surface area contributed by atoms with Gasteiger partial charge in [-0.1, -0.05) is 87.0 Å². The Morgan fingerprint density at radius 3 is 1.92 bits per heavy atom. The molecule has 1 aliphatic carbocycles. The zero-order valence-corrected chi connectivity index (χ0v) is 16.2. The minimum absolute atomic E-state index is 0.363. The van der Waals surface area contributed by atoms with E-state index in [1.807, 2.05) is 60.7 Å². The van der Waals surface area contributed by atoms with E-state index in [0.29, 0.717) is 0 Å². The molecule has 3 rings (SSSR count). The standard InChI is InChI=1S/C22H28O2Si/c1-22(2,17-18-11-9-10-16-21(18)23)25(24,19-12-5-3-6-13-19)20-14-7-4-8-15-20/h3-8,12-15,17,21,23-24H,9-11,16H2,1-2H3/b18-17+/t21-/m1/s1. The summed E-state index contributed by atoms with van der Waals surface area (Å²) < 4.78 is 0. The molecule has 0 aliphatic heterocycles. The molecule has 0 unspecified atom stereocenters. The van der Waals surface area contributed by atoms with E-state index in [1.54, 1.807) is 0 Å². The molecule has 2 N–H and O–H groups in total. The van der Waals surface area contributed by atoms with Crippen molar-refractivity contribution in [2.45, 2.75) is 50.7 Å². The van der Waals surface area contributed by atoms with Crippen LogP contribution < -0.4 is 10.4 Å². The van der Waals surface area contributed by atoms with Crippen LogP contribution in [0.5, 0.6) is 0 Å². The summed E-state index contributed by atoms with van der Waals surface area (Å²) in [6.45, 7) is 4.24. The molecule has 1 aliphatic rings. The van der Waals surface area contributed by atoms with E-state index in [4.69, 9.17) is 0 Å². The molecule has 0 bridgehead atoms. The summed E-state index contributed by atoms with van der Waals surface area (Å²) in [6, 6.07) is 20.1. The Morgan fingerprint density at radius 2 is 1.44 bits per heavy atom. The monoisotopic (exact) mass is 352 g/mol. The highest BCUT2D eigenvalue weighted by molar-refractivity contribution is 6.99. The van der Waals surface area contributed by atoms with Crippen molar-refractivity contribution in [1.29, 1.82) is 0 Å². The quantitative estimate of drug-likeness (QED) is 0.654. The summed E-state index contributed by atoms with van der Waals surface area (Å²) >= 11 is 0. The molecule has 0 spiro atoms. The van der Waals surface area contributed by atoms with Crippen LogP contribution >= 0.6 is 0 Å². The van der Waals surface area contributed by atoms with E-state index in [1.165, 1.54) is 0 Å². The molecule has 25 heavy (non-hydrogen) atoms. The third kappa shape index (κ3) is 3.50. The first-order valence-corrected chi connectivity index (χ1v) is 11.1. The molecule has 132 valence electrons. The highest BCUT2D eigenvalue weighted by atomic mass is 28.4. The van der Waals surface area contributed by atoms with Crippen molar-refractivity contribution in [3.63, 3.8) is 0 Å². The number of benzene rings is 2. The summed E-state index contributed by atoms with van der Waals surface area (Å²) in [4.78, 5) is 12.1. The van der Waals surface area contributed by atoms with E-state index in [-0.39, 0.29) is 6.10 Å². The van der Waals surface area contributed by atoms with Crippen molar-refractivity contribution in [3.05, 3.63) is 72.3 Å². The lowest BCUT2D eigenvalue weighted by atomic mass is 9.90. The maximum Gasteiger partial charge on any atom is 0.262 e. The Balaban J connectivity index is 2.12. The summed E-state index contributed by atoms with van der Waals surface area (Å²) in [5, 5.41) is 12.0. The predicted octanol–water partition coefficient (Wildman–Crippen LogP) is 3.38. The van der Waals surface area contributed by atoms with Crippen molar-refractivity contribution in [2.75, 3.05) is 0 Å². The van der Waals surface area contributed by atoms with E-state index < -0.39 is 13.4 Å². The number of rotatable bonds is 4. The average molecular weight is 353 g/mol. The van der Waals surface area contributed by atoms with Crippen LogP contribution in [0.3, 0.4) is 0 Å². The smallest absolute Gasteiger partial charge is 0.262 e. The minimum Gasteiger partial charge on any atom is -0.423 e. The molecule has 1 saturated carbocycles. The normalized spacial score (nSPS) is 20.6. The molecule has 0 amide bonds. The van der Waals surface area contributed by atoms with Crippen molar-refractivity contribution >= 4 is 18.7 Å². The second kappa shape index (κ2) is 7.28. The number of hydrogen-bond acceptors (Lipinski definition) is 2. The Hall–Kier alpha value is -1.68. The lowest BCUT2D eigenvalue weighted by Gasteiger charge is -2.40. The first-order valence-electron chi connectivity index (χ1n) is 9.18. The fourth-order valence-electron chi connectivity index (χ4n) is 4.02. The maximum absolute atomic E-state index is 12.1. The van der Waals surface area contributed by atoms with Gasteiger partial charge in [0.25, 0.3) is 8.32 Å². The third-order valence-corrected chi connectivity index (χ3v) is 9.83. The van der Waals surface area contributed by atoms with Gasteiger partial charge in [-0.15, -0.1) is 0 Å². The van der Waals surface area contributed by atoms with Gasteiger partial charge in [0, 0.05) is 5.04 Å². The Labute approximate surface area is 152 Å². The van der Waals surface area contributed by atoms with Gasteiger partial charge < -0.3 is 9.90 Å². The Morgan fingerprint density at radius 1 is 0.920 bits per heavy atom. The summed E-state index contributed by atoms with van der Waals surface area (Å²) in [7, 11) is -3.03. The number of allylic oxidation sites excluding steroid dienone is 1. The van der Waals surface area contributed by atoms with Crippen LogP contribution in [-0.4, -0.2) is 24.3 Å². The van der Waals surface area contributed by atoms with Crippen LogP contribution in [0.2, 0.25) is 5.04 Å². The van der Waals surface area contributed by atoms with E-state index in [9.17, 15) is 9.90 Å². The zero-order valence-electron chi connectivity index (χ0n) is 15.2. The highest BCUT2D eigenvalue weighted by Gasteiger charge is 2.49. The number of hydrogen-bond donors (Lipinski definition) is 2. The van der Waals surface area contributed by atoms with Gasteiger partial charge in [0.1, 0.15) is 0 Å². The summed E-state index contributed by atoms with van der Waals surface area (Å²) in [5.74, 6) is 0. The maximum atomic E-state index is 12.1. The van der Waals surface area contributed by atoms with Gasteiger partial charge >= 0.3 is 0 Å². The molecule has 2 aromatic rings. The van der Waals surface area contributed by atoms with Gasteiger partial charge in [-0.3, -0.25) is 0 Å². The van der Waals surface area contributed by atoms with Gasteiger partial charge in [-0.2, -0.15) is 0 Å². The molecule has 1 fully saturated rings. The van der Waals surface area contributed by atoms with Gasteiger partial charge in [0.2, 0.25) is 0 Å². The molecule has 0 radical (unpaired) electrons. The topological polar surface area (TPSA) is 40.5 Å². The van der Waals surface area contributed by atoms with E-state index >= 15 is 0 Å². The summed E-state index contributed by atoms with van der Waals surface area (Å²) in [6.07, 6.45) is 5.77. The van der Waals surface area contributed by atoms with Crippen LogP contribution in [0, 0.1) is 0 Å². The molecule has 1 atom stereocenters. The largest absolute Gasteiger partial charge is 0.423 e. The Kier molecular flexibility index (Phi) is 5.28. The van der Waals surface area contributed by atoms with Crippen LogP contribution in [0.25, 0.3) is 0 Å². The number of aliphatic hydroxyl groups excluding tert-OH is 1. The predicted molar refractivity (Wildman–Crippen MR) is 107 cm³/mol. The molecular weight excluding hydrogens is 324 g/mol. The Bertz CT molecular complexity index is 683. The number of aliphatic hydroxyl groups is 1. The molecule has 2 nitrogen and oxygen atoms in total. The molecule has 3 heteroatoms. The zero-order chi connectivity index (χ0) is 17.9. The first-order chi connectivity index (χ1) is 11.9. The molecule has 0 heterocycles. The van der Waals surface area contributed by atoms with Crippen LogP contribution in [0.15, 0.2) is 72.3 Å². The fourth-order valence-corrected chi connectivity index (χ4v) is 7.59. The van der Waals surface area contributed by atoms with Gasteiger partial charge in [-0.05, 0) is 35.2 Å². The molecule has 0 aromatic heterocycles. The van der Waals surface area contributed by atoms with Crippen molar-refractivity contribution in [2.24, 2.45) is 0 Å². The van der Waals surface area contributed by atoms with Crippen LogP contribution in [-0.2, 0) is 0 Å². The summed E-state index contributed by atoms with van der Waals surface area (Å²) in [5.41, 5.74) is 1.09. The van der Waals surface area contributed by atoms with E-state index in [0.717, 1.165) is 41.6 Å². The molecule has 2 aromatic carbocycles. The van der Waals surface area contributed by atoms with Gasteiger partial charge in [0.15, 0.2) is 0 Å². The second-order valence-corrected chi connectivity index (χ2v) is 11.5. The average Bonchev–Trinajstić information content (AvgIpc) is 2.64. The SMILES string of the molecule is CC(C)(/C=C1\CCCC[C@H]1O)[Si](O)(c1ccccc1)c1ccccc1. The van der Waals surface area contributed by atoms with Crippen molar-refractivity contribution in [3.8, 4) is 0 Å². The minimum atomic E-state index is -3.03.